The van der Waals surface area contributed by atoms with Crippen LogP contribution in [0.3, 0.4) is 0 Å². The lowest BCUT2D eigenvalue weighted by Crippen LogP contribution is -2.46. The third kappa shape index (κ3) is 8.82. The van der Waals surface area contributed by atoms with Crippen LogP contribution in [0.1, 0.15) is 60.8 Å². The molecule has 2 aliphatic heterocycles. The standard InChI is InChI=1S/C34H40ClN3O7/c1-2-43-31(40)20-36-33(41)37-28-13-7-25(8-14-28)32-44-29(19-30(45-32)24-5-3-23(22-39)4-6-24)21-38-17-15-34(42,16-18-38)26-9-11-27(35)12-10-26/h3-14,29-30,32,39,42H,2,15-22H2,1H3,(H2,36,37,41)/t29-,30+,32+/m1/s1. The zero-order valence-electron chi connectivity index (χ0n) is 25.3. The zero-order valence-corrected chi connectivity index (χ0v) is 26.0. The molecular weight excluding hydrogens is 598 g/mol. The van der Waals surface area contributed by atoms with Crippen molar-refractivity contribution in [2.45, 2.75) is 56.9 Å². The smallest absolute Gasteiger partial charge is 0.325 e. The highest BCUT2D eigenvalue weighted by molar-refractivity contribution is 6.30. The van der Waals surface area contributed by atoms with Gasteiger partial charge in [-0.3, -0.25) is 4.79 Å². The van der Waals surface area contributed by atoms with Gasteiger partial charge >= 0.3 is 12.0 Å². The Morgan fingerprint density at radius 1 is 0.978 bits per heavy atom. The molecule has 2 saturated heterocycles. The molecule has 3 aromatic rings. The molecule has 0 radical (unpaired) electrons. The number of benzene rings is 3. The summed E-state index contributed by atoms with van der Waals surface area (Å²) in [7, 11) is 0. The minimum Gasteiger partial charge on any atom is -0.465 e. The van der Waals surface area contributed by atoms with Gasteiger partial charge < -0.3 is 40.0 Å². The molecule has 5 rings (SSSR count). The maximum absolute atomic E-state index is 12.2. The Hall–Kier alpha value is -3.51. The van der Waals surface area contributed by atoms with E-state index in [1.165, 1.54) is 0 Å². The van der Waals surface area contributed by atoms with Gasteiger partial charge in [-0.15, -0.1) is 0 Å². The number of aliphatic hydroxyl groups is 2. The van der Waals surface area contributed by atoms with Crippen molar-refractivity contribution in [3.05, 3.63) is 100 Å². The van der Waals surface area contributed by atoms with Crippen LogP contribution >= 0.6 is 11.6 Å². The second kappa shape index (κ2) is 15.2. The molecule has 4 N–H and O–H groups in total. The van der Waals surface area contributed by atoms with Crippen LogP contribution in [-0.2, 0) is 31.2 Å². The van der Waals surface area contributed by atoms with Gasteiger partial charge in [-0.05, 0) is 60.7 Å². The number of ether oxygens (including phenoxy) is 3. The van der Waals surface area contributed by atoms with Crippen LogP contribution in [0.2, 0.25) is 5.02 Å². The number of nitrogens with one attached hydrogen (secondary N) is 2. The highest BCUT2D eigenvalue weighted by Crippen LogP contribution is 2.39. The average Bonchev–Trinajstić information content (AvgIpc) is 3.05. The molecule has 0 spiro atoms. The molecule has 0 aliphatic carbocycles. The van der Waals surface area contributed by atoms with Gasteiger partial charge in [-0.1, -0.05) is 60.1 Å². The Morgan fingerprint density at radius 2 is 1.64 bits per heavy atom. The van der Waals surface area contributed by atoms with Gasteiger partial charge in [-0.25, -0.2) is 4.79 Å². The Balaban J connectivity index is 1.24. The van der Waals surface area contributed by atoms with Crippen molar-refractivity contribution in [1.82, 2.24) is 10.2 Å². The number of rotatable bonds is 10. The van der Waals surface area contributed by atoms with E-state index in [1.54, 1.807) is 19.1 Å². The summed E-state index contributed by atoms with van der Waals surface area (Å²) in [5.41, 5.74) is 3.17. The first-order valence-corrected chi connectivity index (χ1v) is 15.6. The molecule has 240 valence electrons. The normalized spacial score (nSPS) is 21.6. The number of likely N-dealkylation sites (tertiary alicyclic amines) is 1. The van der Waals surface area contributed by atoms with Gasteiger partial charge in [0.05, 0.1) is 31.0 Å². The summed E-state index contributed by atoms with van der Waals surface area (Å²) >= 11 is 6.05. The molecule has 0 unspecified atom stereocenters. The van der Waals surface area contributed by atoms with Crippen molar-refractivity contribution in [2.24, 2.45) is 0 Å². The largest absolute Gasteiger partial charge is 0.465 e. The quantitative estimate of drug-likeness (QED) is 0.228. The minimum atomic E-state index is -0.886. The van der Waals surface area contributed by atoms with Crippen LogP contribution in [0.4, 0.5) is 10.5 Å². The summed E-state index contributed by atoms with van der Waals surface area (Å²) in [4.78, 5) is 26.0. The summed E-state index contributed by atoms with van der Waals surface area (Å²) in [5.74, 6) is -0.508. The molecule has 2 heterocycles. The number of aliphatic hydroxyl groups excluding tert-OH is 1. The topological polar surface area (TPSA) is 130 Å². The third-order valence-corrected chi connectivity index (χ3v) is 8.53. The zero-order chi connectivity index (χ0) is 31.8. The van der Waals surface area contributed by atoms with Gasteiger partial charge in [0.25, 0.3) is 0 Å². The molecule has 0 saturated carbocycles. The summed E-state index contributed by atoms with van der Waals surface area (Å²) in [5, 5.41) is 26.7. The highest BCUT2D eigenvalue weighted by atomic mass is 35.5. The summed E-state index contributed by atoms with van der Waals surface area (Å²) in [6, 6.07) is 21.8. The van der Waals surface area contributed by atoms with Crippen LogP contribution in [0, 0.1) is 0 Å². The van der Waals surface area contributed by atoms with E-state index in [2.05, 4.69) is 15.5 Å². The average molecular weight is 638 g/mol. The van der Waals surface area contributed by atoms with Crippen molar-refractivity contribution < 1.29 is 34.0 Å². The Morgan fingerprint density at radius 3 is 2.29 bits per heavy atom. The van der Waals surface area contributed by atoms with E-state index in [-0.39, 0.29) is 32.0 Å². The van der Waals surface area contributed by atoms with Crippen molar-refractivity contribution in [3.63, 3.8) is 0 Å². The molecular formula is C34H40ClN3O7. The number of anilines is 1. The van der Waals surface area contributed by atoms with E-state index < -0.39 is 23.9 Å². The molecule has 0 bridgehead atoms. The molecule has 3 atom stereocenters. The number of halogens is 1. The van der Waals surface area contributed by atoms with Crippen LogP contribution in [-0.4, -0.2) is 66.0 Å². The first-order valence-electron chi connectivity index (χ1n) is 15.3. The molecule has 11 heteroatoms. The predicted octanol–water partition coefficient (Wildman–Crippen LogP) is 5.05. The van der Waals surface area contributed by atoms with Gasteiger partial charge in [0.15, 0.2) is 6.29 Å². The molecule has 2 aliphatic rings. The van der Waals surface area contributed by atoms with E-state index in [0.717, 1.165) is 35.3 Å². The summed E-state index contributed by atoms with van der Waals surface area (Å²) in [6.45, 7) is 3.82. The van der Waals surface area contributed by atoms with E-state index >= 15 is 0 Å². The molecule has 3 aromatic carbocycles. The monoisotopic (exact) mass is 637 g/mol. The Bertz CT molecular complexity index is 1410. The summed E-state index contributed by atoms with van der Waals surface area (Å²) < 4.78 is 17.8. The Labute approximate surface area is 268 Å². The van der Waals surface area contributed by atoms with Crippen LogP contribution in [0.25, 0.3) is 0 Å². The van der Waals surface area contributed by atoms with Crippen molar-refractivity contribution in [2.75, 3.05) is 38.1 Å². The number of piperidine rings is 1. The van der Waals surface area contributed by atoms with Crippen molar-refractivity contribution in [3.8, 4) is 0 Å². The van der Waals surface area contributed by atoms with Crippen LogP contribution < -0.4 is 10.6 Å². The van der Waals surface area contributed by atoms with Gasteiger partial charge in [0, 0.05) is 42.3 Å². The fourth-order valence-electron chi connectivity index (χ4n) is 5.74. The van der Waals surface area contributed by atoms with E-state index in [0.29, 0.717) is 36.5 Å². The predicted molar refractivity (Wildman–Crippen MR) is 170 cm³/mol. The maximum Gasteiger partial charge on any atom is 0.325 e. The molecule has 10 nitrogen and oxygen atoms in total. The lowest BCUT2D eigenvalue weighted by molar-refractivity contribution is -0.253. The number of nitrogens with zero attached hydrogens (tertiary/aromatic N) is 1. The minimum absolute atomic E-state index is 0.0290. The number of esters is 1. The first-order chi connectivity index (χ1) is 21.7. The number of carbonyl (C=O) groups excluding carboxylic acids is 2. The lowest BCUT2D eigenvalue weighted by atomic mass is 9.84. The SMILES string of the molecule is CCOC(=O)CNC(=O)Nc1ccc([C@H]2O[C@@H](CN3CCC(O)(c4ccc(Cl)cc4)CC3)C[C@@H](c3ccc(CO)cc3)O2)cc1. The van der Waals surface area contributed by atoms with Crippen molar-refractivity contribution in [1.29, 1.82) is 0 Å². The van der Waals surface area contributed by atoms with E-state index in [9.17, 15) is 19.8 Å². The maximum atomic E-state index is 12.2. The molecule has 2 fully saturated rings. The number of hydrogen-bond acceptors (Lipinski definition) is 8. The van der Waals surface area contributed by atoms with Crippen LogP contribution in [0.15, 0.2) is 72.8 Å². The number of urea groups is 1. The molecule has 45 heavy (non-hydrogen) atoms. The van der Waals surface area contributed by atoms with Crippen LogP contribution in [0.5, 0.6) is 0 Å². The fourth-order valence-corrected chi connectivity index (χ4v) is 5.86. The first kappa shape index (κ1) is 32.9. The van der Waals surface area contributed by atoms with Crippen molar-refractivity contribution >= 4 is 29.3 Å². The van der Waals surface area contributed by atoms with E-state index in [4.69, 9.17) is 25.8 Å². The second-order valence-corrected chi connectivity index (χ2v) is 11.9. The van der Waals surface area contributed by atoms with Gasteiger partial charge in [-0.2, -0.15) is 0 Å². The second-order valence-electron chi connectivity index (χ2n) is 11.4. The summed E-state index contributed by atoms with van der Waals surface area (Å²) in [6.07, 6.45) is 0.842. The molecule has 2 amide bonds. The lowest BCUT2D eigenvalue weighted by Gasteiger charge is -2.42. The van der Waals surface area contributed by atoms with Gasteiger partial charge in [0.2, 0.25) is 0 Å². The fraction of sp³-hybridized carbons (Fsp3) is 0.412. The molecule has 0 aromatic heterocycles. The third-order valence-electron chi connectivity index (χ3n) is 8.28. The Kier molecular flexibility index (Phi) is 11.1. The number of amides is 2. The van der Waals surface area contributed by atoms with E-state index in [1.807, 2.05) is 60.7 Å². The van der Waals surface area contributed by atoms with Gasteiger partial charge in [0.1, 0.15) is 6.54 Å². The number of carbonyl (C=O) groups is 2. The highest BCUT2D eigenvalue weighted by Gasteiger charge is 2.37. The number of hydrogen-bond donors (Lipinski definition) is 4.